The van der Waals surface area contributed by atoms with Crippen LogP contribution in [0.5, 0.6) is 11.5 Å². The van der Waals surface area contributed by atoms with Crippen LogP contribution >= 0.6 is 11.3 Å². The Kier molecular flexibility index (Phi) is 6.18. The van der Waals surface area contributed by atoms with E-state index in [0.717, 1.165) is 21.7 Å². The van der Waals surface area contributed by atoms with Crippen molar-refractivity contribution in [1.29, 1.82) is 0 Å². The maximum atomic E-state index is 11.3. The Bertz CT molecular complexity index is 1320. The van der Waals surface area contributed by atoms with E-state index in [1.54, 1.807) is 24.3 Å². The van der Waals surface area contributed by atoms with Gasteiger partial charge < -0.3 is 20.1 Å². The first-order valence-corrected chi connectivity index (χ1v) is 10.7. The van der Waals surface area contributed by atoms with Crippen LogP contribution in [0.2, 0.25) is 0 Å². The molecular formula is C23H20N4O4S. The quantitative estimate of drug-likeness (QED) is 0.212. The molecule has 3 N–H and O–H groups in total. The van der Waals surface area contributed by atoms with E-state index in [-0.39, 0.29) is 17.2 Å². The molecule has 0 saturated carbocycles. The van der Waals surface area contributed by atoms with Crippen LogP contribution in [0, 0.1) is 10.1 Å². The number of phenolic OH excluding ortho intramolecular Hbond substituents is 2. The molecule has 0 radical (unpaired) electrons. The molecule has 0 amide bonds. The SMILES string of the molecule is O=[N+]([O-])c1ccccc1NCCn1c(-c2ccc(O)c(O)c2)csc1=Nc1ccccc1. The maximum absolute atomic E-state index is 11.3. The van der Waals surface area contributed by atoms with Crippen molar-refractivity contribution >= 4 is 28.4 Å². The lowest BCUT2D eigenvalue weighted by Gasteiger charge is -2.12. The Hall–Kier alpha value is -4.11. The lowest BCUT2D eigenvalue weighted by atomic mass is 10.1. The van der Waals surface area contributed by atoms with E-state index in [2.05, 4.69) is 5.32 Å². The van der Waals surface area contributed by atoms with Gasteiger partial charge in [0.15, 0.2) is 16.3 Å². The first-order valence-electron chi connectivity index (χ1n) is 9.80. The van der Waals surface area contributed by atoms with E-state index in [4.69, 9.17) is 4.99 Å². The predicted molar refractivity (Wildman–Crippen MR) is 124 cm³/mol. The van der Waals surface area contributed by atoms with Crippen LogP contribution in [-0.4, -0.2) is 26.2 Å². The van der Waals surface area contributed by atoms with Gasteiger partial charge in [0.2, 0.25) is 0 Å². The van der Waals surface area contributed by atoms with E-state index in [9.17, 15) is 20.3 Å². The maximum Gasteiger partial charge on any atom is 0.292 e. The van der Waals surface area contributed by atoms with E-state index < -0.39 is 4.92 Å². The van der Waals surface area contributed by atoms with Crippen molar-refractivity contribution in [2.24, 2.45) is 4.99 Å². The van der Waals surface area contributed by atoms with Crippen LogP contribution in [0.15, 0.2) is 83.2 Å². The molecule has 8 nitrogen and oxygen atoms in total. The molecule has 0 atom stereocenters. The number of nitrogens with one attached hydrogen (secondary N) is 1. The summed E-state index contributed by atoms with van der Waals surface area (Å²) >= 11 is 1.45. The minimum atomic E-state index is -0.416. The monoisotopic (exact) mass is 448 g/mol. The molecule has 0 aliphatic heterocycles. The number of rotatable bonds is 7. The summed E-state index contributed by atoms with van der Waals surface area (Å²) in [5.41, 5.74) is 2.79. The number of hydrogen-bond donors (Lipinski definition) is 3. The molecule has 0 spiro atoms. The van der Waals surface area contributed by atoms with Gasteiger partial charge in [-0.25, -0.2) is 4.99 Å². The Morgan fingerprint density at radius 2 is 1.75 bits per heavy atom. The Balaban J connectivity index is 1.68. The molecule has 1 heterocycles. The number of nitrogens with zero attached hydrogens (tertiary/aromatic N) is 3. The van der Waals surface area contributed by atoms with Crippen molar-refractivity contribution in [1.82, 2.24) is 4.57 Å². The summed E-state index contributed by atoms with van der Waals surface area (Å²) in [4.78, 5) is 16.3. The Morgan fingerprint density at radius 1 is 1.00 bits per heavy atom. The third kappa shape index (κ3) is 4.62. The van der Waals surface area contributed by atoms with Crippen LogP contribution in [-0.2, 0) is 6.54 Å². The van der Waals surface area contributed by atoms with Crippen LogP contribution in [0.3, 0.4) is 0 Å². The molecule has 4 rings (SSSR count). The molecule has 0 bridgehead atoms. The second-order valence-corrected chi connectivity index (χ2v) is 7.74. The summed E-state index contributed by atoms with van der Waals surface area (Å²) in [6.45, 7) is 0.888. The van der Waals surface area contributed by atoms with Gasteiger partial charge in [-0.2, -0.15) is 0 Å². The molecule has 1 aromatic heterocycles. The lowest BCUT2D eigenvalue weighted by molar-refractivity contribution is -0.384. The highest BCUT2D eigenvalue weighted by Gasteiger charge is 2.13. The average Bonchev–Trinajstić information content (AvgIpc) is 3.19. The van der Waals surface area contributed by atoms with Gasteiger partial charge >= 0.3 is 0 Å². The molecule has 4 aromatic rings. The molecule has 0 unspecified atom stereocenters. The van der Waals surface area contributed by atoms with Gasteiger partial charge in [-0.3, -0.25) is 10.1 Å². The second kappa shape index (κ2) is 9.36. The molecule has 0 aliphatic carbocycles. The number of aromatic hydroxyl groups is 2. The standard InChI is InChI=1S/C23H20N4O4S/c28-21-11-10-16(14-22(21)29)20-15-32-23(25-17-6-2-1-3-7-17)26(20)13-12-24-18-8-4-5-9-19(18)27(30)31/h1-11,14-15,24,28-29H,12-13H2. The third-order valence-electron chi connectivity index (χ3n) is 4.80. The first-order chi connectivity index (χ1) is 15.5. The van der Waals surface area contributed by atoms with Crippen molar-refractivity contribution < 1.29 is 15.1 Å². The minimum absolute atomic E-state index is 0.0145. The second-order valence-electron chi connectivity index (χ2n) is 6.91. The molecule has 9 heteroatoms. The number of nitro groups is 1. The highest BCUT2D eigenvalue weighted by molar-refractivity contribution is 7.07. The van der Waals surface area contributed by atoms with Crippen molar-refractivity contribution in [3.05, 3.63) is 93.1 Å². The fourth-order valence-corrected chi connectivity index (χ4v) is 4.20. The number of phenols is 2. The zero-order chi connectivity index (χ0) is 22.5. The van der Waals surface area contributed by atoms with Gasteiger partial charge in [-0.05, 0) is 36.4 Å². The van der Waals surface area contributed by atoms with Crippen LogP contribution in [0.4, 0.5) is 17.1 Å². The number of aromatic nitrogens is 1. The molecule has 0 saturated heterocycles. The zero-order valence-electron chi connectivity index (χ0n) is 16.9. The summed E-state index contributed by atoms with van der Waals surface area (Å²) in [6.07, 6.45) is 0. The summed E-state index contributed by atoms with van der Waals surface area (Å²) in [5.74, 6) is -0.400. The highest BCUT2D eigenvalue weighted by Crippen LogP contribution is 2.31. The van der Waals surface area contributed by atoms with Gasteiger partial charge in [0.25, 0.3) is 5.69 Å². The van der Waals surface area contributed by atoms with Crippen LogP contribution < -0.4 is 10.1 Å². The van der Waals surface area contributed by atoms with Crippen LogP contribution in [0.25, 0.3) is 11.3 Å². The summed E-state index contributed by atoms with van der Waals surface area (Å²) in [7, 11) is 0. The molecular weight excluding hydrogens is 428 g/mol. The zero-order valence-corrected chi connectivity index (χ0v) is 17.7. The molecule has 162 valence electrons. The van der Waals surface area contributed by atoms with Crippen molar-refractivity contribution in [2.75, 3.05) is 11.9 Å². The molecule has 0 fully saturated rings. The highest BCUT2D eigenvalue weighted by atomic mass is 32.1. The smallest absolute Gasteiger partial charge is 0.292 e. The Labute approximate surface area is 187 Å². The van der Waals surface area contributed by atoms with Crippen molar-refractivity contribution in [3.63, 3.8) is 0 Å². The fourth-order valence-electron chi connectivity index (χ4n) is 3.25. The fraction of sp³-hybridized carbons (Fsp3) is 0.0870. The van der Waals surface area contributed by atoms with E-state index in [1.807, 2.05) is 40.3 Å². The lowest BCUT2D eigenvalue weighted by Crippen LogP contribution is -2.21. The molecule has 0 aliphatic rings. The van der Waals surface area contributed by atoms with Crippen LogP contribution in [0.1, 0.15) is 0 Å². The summed E-state index contributed by atoms with van der Waals surface area (Å²) < 4.78 is 1.98. The number of thiazole rings is 1. The molecule has 3 aromatic carbocycles. The van der Waals surface area contributed by atoms with Gasteiger partial charge in [0.1, 0.15) is 5.69 Å². The van der Waals surface area contributed by atoms with E-state index >= 15 is 0 Å². The third-order valence-corrected chi connectivity index (χ3v) is 5.66. The summed E-state index contributed by atoms with van der Waals surface area (Å²) in [6, 6.07) is 20.7. The van der Waals surface area contributed by atoms with Crippen molar-refractivity contribution in [2.45, 2.75) is 6.54 Å². The number of hydrogen-bond acceptors (Lipinski definition) is 7. The summed E-state index contributed by atoms with van der Waals surface area (Å²) in [5, 5.41) is 35.9. The van der Waals surface area contributed by atoms with Gasteiger partial charge in [-0.1, -0.05) is 30.3 Å². The molecule has 32 heavy (non-hydrogen) atoms. The van der Waals surface area contributed by atoms with Crippen molar-refractivity contribution in [3.8, 4) is 22.8 Å². The van der Waals surface area contributed by atoms with Gasteiger partial charge in [-0.15, -0.1) is 11.3 Å². The normalized spacial score (nSPS) is 11.4. The Morgan fingerprint density at radius 3 is 2.50 bits per heavy atom. The first kappa shape index (κ1) is 21.1. The number of para-hydroxylation sites is 3. The average molecular weight is 449 g/mol. The van der Waals surface area contributed by atoms with Gasteiger partial charge in [0.05, 0.1) is 16.3 Å². The predicted octanol–water partition coefficient (Wildman–Crippen LogP) is 4.88. The topological polar surface area (TPSA) is 113 Å². The number of benzene rings is 3. The number of anilines is 1. The number of nitro benzene ring substituents is 1. The van der Waals surface area contributed by atoms with E-state index in [0.29, 0.717) is 18.8 Å². The van der Waals surface area contributed by atoms with Gasteiger partial charge in [0, 0.05) is 30.1 Å². The largest absolute Gasteiger partial charge is 0.504 e. The minimum Gasteiger partial charge on any atom is -0.504 e. The van der Waals surface area contributed by atoms with E-state index in [1.165, 1.54) is 29.5 Å².